The van der Waals surface area contributed by atoms with E-state index >= 15 is 0 Å². The molecule has 100 valence electrons. The van der Waals surface area contributed by atoms with Gasteiger partial charge in [-0.25, -0.2) is 4.79 Å². The van der Waals surface area contributed by atoms with Crippen LogP contribution in [0.4, 0.5) is 0 Å². The van der Waals surface area contributed by atoms with Crippen LogP contribution in [0.15, 0.2) is 22.7 Å². The quantitative estimate of drug-likeness (QED) is 0.860. The lowest BCUT2D eigenvalue weighted by atomic mass is 10.1. The van der Waals surface area contributed by atoms with Gasteiger partial charge in [0, 0.05) is 4.47 Å². The average molecular weight is 315 g/mol. The van der Waals surface area contributed by atoms with Gasteiger partial charge in [0.25, 0.3) is 0 Å². The van der Waals surface area contributed by atoms with Crippen LogP contribution < -0.4 is 0 Å². The topological polar surface area (TPSA) is 46.5 Å². The third-order valence-electron chi connectivity index (χ3n) is 2.63. The minimum absolute atomic E-state index is 0.205. The molecule has 0 amide bonds. The molecule has 1 rings (SSSR count). The van der Waals surface area contributed by atoms with E-state index in [0.29, 0.717) is 12.5 Å². The van der Waals surface area contributed by atoms with E-state index in [2.05, 4.69) is 36.7 Å². The Balaban J connectivity index is 2.60. The Labute approximate surface area is 116 Å². The minimum atomic E-state index is -0.920. The molecule has 1 N–H and O–H groups in total. The maximum Gasteiger partial charge on any atom is 0.335 e. The monoisotopic (exact) mass is 314 g/mol. The molecule has 1 unspecified atom stereocenters. The van der Waals surface area contributed by atoms with Gasteiger partial charge in [0.15, 0.2) is 0 Å². The van der Waals surface area contributed by atoms with Gasteiger partial charge in [0.05, 0.1) is 18.3 Å². The molecule has 0 saturated carbocycles. The molecule has 0 aliphatic carbocycles. The van der Waals surface area contributed by atoms with Crippen molar-refractivity contribution in [2.24, 2.45) is 5.92 Å². The molecule has 0 aliphatic heterocycles. The molecule has 1 atom stereocenters. The fourth-order valence-corrected chi connectivity index (χ4v) is 2.25. The van der Waals surface area contributed by atoms with Crippen LogP contribution >= 0.6 is 15.9 Å². The van der Waals surface area contributed by atoms with Gasteiger partial charge in [-0.3, -0.25) is 0 Å². The normalized spacial score (nSPS) is 12.7. The second-order valence-electron chi connectivity index (χ2n) is 4.86. The predicted octanol–water partition coefficient (Wildman–Crippen LogP) is 4.10. The maximum absolute atomic E-state index is 10.8. The molecule has 1 aromatic rings. The zero-order valence-corrected chi connectivity index (χ0v) is 12.5. The molecule has 0 aliphatic rings. The Morgan fingerprint density at radius 3 is 2.56 bits per heavy atom. The van der Waals surface area contributed by atoms with Crippen LogP contribution in [-0.4, -0.2) is 17.2 Å². The molecule has 1 aromatic carbocycles. The zero-order valence-electron chi connectivity index (χ0n) is 10.9. The van der Waals surface area contributed by atoms with Crippen molar-refractivity contribution in [3.05, 3.63) is 33.8 Å². The summed E-state index contributed by atoms with van der Waals surface area (Å²) in [6.45, 7) is 6.88. The van der Waals surface area contributed by atoms with E-state index in [0.717, 1.165) is 16.5 Å². The Kier molecular flexibility index (Phi) is 5.82. The fourth-order valence-electron chi connectivity index (χ4n) is 1.76. The molecule has 4 heteroatoms. The number of hydrogen-bond acceptors (Lipinski definition) is 2. The van der Waals surface area contributed by atoms with Crippen LogP contribution in [-0.2, 0) is 11.3 Å². The van der Waals surface area contributed by atoms with Crippen molar-refractivity contribution in [1.29, 1.82) is 0 Å². The Morgan fingerprint density at radius 1 is 1.39 bits per heavy atom. The molecule has 0 aromatic heterocycles. The summed E-state index contributed by atoms with van der Waals surface area (Å²) in [6, 6.07) is 4.99. The molecular weight excluding hydrogens is 296 g/mol. The van der Waals surface area contributed by atoms with Gasteiger partial charge in [0.2, 0.25) is 0 Å². The van der Waals surface area contributed by atoms with Crippen molar-refractivity contribution in [3.8, 4) is 0 Å². The lowest BCUT2D eigenvalue weighted by Crippen LogP contribution is -2.11. The summed E-state index contributed by atoms with van der Waals surface area (Å²) in [4.78, 5) is 10.8. The molecular formula is C14H19BrO3. The summed E-state index contributed by atoms with van der Waals surface area (Å²) >= 11 is 3.37. The third kappa shape index (κ3) is 4.78. The van der Waals surface area contributed by atoms with E-state index in [1.165, 1.54) is 0 Å². The zero-order chi connectivity index (χ0) is 13.7. The summed E-state index contributed by atoms with van der Waals surface area (Å²) in [5, 5.41) is 8.87. The number of carbonyl (C=O) groups is 1. The van der Waals surface area contributed by atoms with Crippen LogP contribution in [0.1, 0.15) is 43.1 Å². The highest BCUT2D eigenvalue weighted by Crippen LogP contribution is 2.21. The number of aromatic carboxylic acids is 1. The first-order chi connectivity index (χ1) is 8.40. The van der Waals surface area contributed by atoms with E-state index in [4.69, 9.17) is 9.84 Å². The van der Waals surface area contributed by atoms with Gasteiger partial charge >= 0.3 is 5.97 Å². The molecule has 18 heavy (non-hydrogen) atoms. The lowest BCUT2D eigenvalue weighted by molar-refractivity contribution is 0.0393. The fraction of sp³-hybridized carbons (Fsp3) is 0.500. The highest BCUT2D eigenvalue weighted by Gasteiger charge is 2.09. The van der Waals surface area contributed by atoms with Gasteiger partial charge < -0.3 is 9.84 Å². The number of halogens is 1. The highest BCUT2D eigenvalue weighted by molar-refractivity contribution is 9.10. The van der Waals surface area contributed by atoms with Crippen LogP contribution in [0, 0.1) is 5.92 Å². The van der Waals surface area contributed by atoms with Gasteiger partial charge in [-0.1, -0.05) is 35.8 Å². The minimum Gasteiger partial charge on any atom is -0.478 e. The molecule has 0 radical (unpaired) electrons. The second-order valence-corrected chi connectivity index (χ2v) is 5.72. The van der Waals surface area contributed by atoms with Crippen molar-refractivity contribution in [1.82, 2.24) is 0 Å². The summed E-state index contributed by atoms with van der Waals surface area (Å²) in [7, 11) is 0. The van der Waals surface area contributed by atoms with E-state index in [1.807, 2.05) is 0 Å². The van der Waals surface area contributed by atoms with E-state index in [1.54, 1.807) is 18.2 Å². The lowest BCUT2D eigenvalue weighted by Gasteiger charge is -2.15. The van der Waals surface area contributed by atoms with Gasteiger partial charge in [-0.05, 0) is 37.0 Å². The van der Waals surface area contributed by atoms with E-state index in [-0.39, 0.29) is 11.7 Å². The summed E-state index contributed by atoms with van der Waals surface area (Å²) in [5.74, 6) is -0.311. The smallest absolute Gasteiger partial charge is 0.335 e. The second kappa shape index (κ2) is 6.90. The number of carboxylic acids is 1. The number of hydrogen-bond donors (Lipinski definition) is 1. The van der Waals surface area contributed by atoms with E-state index < -0.39 is 5.97 Å². The molecule has 0 spiro atoms. The van der Waals surface area contributed by atoms with E-state index in [9.17, 15) is 4.79 Å². The summed E-state index contributed by atoms with van der Waals surface area (Å²) in [6.07, 6.45) is 1.22. The summed E-state index contributed by atoms with van der Waals surface area (Å²) < 4.78 is 6.52. The SMILES string of the molecule is CC(C)CC(C)OCc1ccc(C(=O)O)cc1Br. The first-order valence-electron chi connectivity index (χ1n) is 6.03. The van der Waals surface area contributed by atoms with Crippen molar-refractivity contribution < 1.29 is 14.6 Å². The van der Waals surface area contributed by atoms with Gasteiger partial charge in [0.1, 0.15) is 0 Å². The molecule has 0 heterocycles. The average Bonchev–Trinajstić information content (AvgIpc) is 2.26. The van der Waals surface area contributed by atoms with Gasteiger partial charge in [-0.2, -0.15) is 0 Å². The Bertz CT molecular complexity index is 416. The summed E-state index contributed by atoms with van der Waals surface area (Å²) in [5.41, 5.74) is 1.25. The molecule has 3 nitrogen and oxygen atoms in total. The molecule has 0 saturated heterocycles. The van der Waals surface area contributed by atoms with Crippen LogP contribution in [0.3, 0.4) is 0 Å². The first-order valence-corrected chi connectivity index (χ1v) is 6.82. The standard InChI is InChI=1S/C14H19BrO3/c1-9(2)6-10(3)18-8-12-5-4-11(14(16)17)7-13(12)15/h4-5,7,9-10H,6,8H2,1-3H3,(H,16,17). The number of rotatable bonds is 6. The molecule has 0 fully saturated rings. The predicted molar refractivity (Wildman–Crippen MR) is 74.8 cm³/mol. The number of carboxylic acid groups (broad SMARTS) is 1. The van der Waals surface area contributed by atoms with Crippen molar-refractivity contribution in [2.45, 2.75) is 39.9 Å². The Morgan fingerprint density at radius 2 is 2.06 bits per heavy atom. The van der Waals surface area contributed by atoms with Crippen molar-refractivity contribution >= 4 is 21.9 Å². The number of benzene rings is 1. The number of ether oxygens (including phenoxy) is 1. The highest BCUT2D eigenvalue weighted by atomic mass is 79.9. The molecule has 0 bridgehead atoms. The third-order valence-corrected chi connectivity index (χ3v) is 3.36. The maximum atomic E-state index is 10.8. The van der Waals surface area contributed by atoms with Crippen LogP contribution in [0.5, 0.6) is 0 Å². The van der Waals surface area contributed by atoms with Crippen molar-refractivity contribution in [3.63, 3.8) is 0 Å². The largest absolute Gasteiger partial charge is 0.478 e. The van der Waals surface area contributed by atoms with Gasteiger partial charge in [-0.15, -0.1) is 0 Å². The first kappa shape index (κ1) is 15.2. The van der Waals surface area contributed by atoms with Crippen molar-refractivity contribution in [2.75, 3.05) is 0 Å². The van der Waals surface area contributed by atoms with Crippen LogP contribution in [0.25, 0.3) is 0 Å². The van der Waals surface area contributed by atoms with Crippen LogP contribution in [0.2, 0.25) is 0 Å². The Hall–Kier alpha value is -0.870.